The Morgan fingerprint density at radius 3 is 1.89 bits per heavy atom. The second-order valence-corrected chi connectivity index (χ2v) is 11.9. The van der Waals surface area contributed by atoms with Crippen LogP contribution < -0.4 is 10.2 Å². The molecule has 0 saturated carbocycles. The Kier molecular flexibility index (Phi) is 10.7. The van der Waals surface area contributed by atoms with E-state index in [0.717, 1.165) is 18.2 Å². The predicted octanol–water partition coefficient (Wildman–Crippen LogP) is 3.99. The number of hydrogen-bond donors (Lipinski definition) is 6. The smallest absolute Gasteiger partial charge is 0.331 e. The molecule has 2 heterocycles. The van der Waals surface area contributed by atoms with E-state index in [-0.39, 0.29) is 39.7 Å². The minimum atomic E-state index is -1.86. The summed E-state index contributed by atoms with van der Waals surface area (Å²) in [4.78, 5) is 38.4. The van der Waals surface area contributed by atoms with E-state index < -0.39 is 60.4 Å². The summed E-state index contributed by atoms with van der Waals surface area (Å²) in [7, 11) is 0. The molecule has 1 aliphatic rings. The number of carbonyl (C=O) groups excluding carboxylic acids is 2. The van der Waals surface area contributed by atoms with Crippen molar-refractivity contribution in [1.82, 2.24) is 0 Å². The summed E-state index contributed by atoms with van der Waals surface area (Å²) in [5, 5.41) is 61.4. The fourth-order valence-electron chi connectivity index (χ4n) is 5.38. The van der Waals surface area contributed by atoms with Gasteiger partial charge in [0.25, 0.3) is 0 Å². The average Bonchev–Trinajstić information content (AvgIpc) is 3.13. The molecule has 1 aliphatic heterocycles. The number of hydrogen-bond acceptors (Lipinski definition) is 14. The van der Waals surface area contributed by atoms with Crippen molar-refractivity contribution in [2.45, 2.75) is 30.7 Å². The van der Waals surface area contributed by atoms with Crippen LogP contribution in [0.25, 0.3) is 34.4 Å². The van der Waals surface area contributed by atoms with Crippen molar-refractivity contribution in [3.63, 3.8) is 0 Å². The first-order valence-electron chi connectivity index (χ1n) is 16.0. The van der Waals surface area contributed by atoms with Crippen LogP contribution >= 0.6 is 0 Å². The molecule has 0 aliphatic carbocycles. The van der Waals surface area contributed by atoms with E-state index in [2.05, 4.69) is 0 Å². The van der Waals surface area contributed by atoms with Crippen LogP contribution in [0.2, 0.25) is 0 Å². The third kappa shape index (κ3) is 8.83. The zero-order valence-corrected chi connectivity index (χ0v) is 27.5. The summed E-state index contributed by atoms with van der Waals surface area (Å²) in [6, 6.07) is 21.3. The lowest BCUT2D eigenvalue weighted by Crippen LogP contribution is -2.61. The van der Waals surface area contributed by atoms with E-state index in [1.807, 2.05) is 0 Å². The number of aliphatic hydroxyl groups excluding tert-OH is 2. The van der Waals surface area contributed by atoms with Crippen LogP contribution in [0.3, 0.4) is 0 Å². The molecule has 1 fully saturated rings. The summed E-state index contributed by atoms with van der Waals surface area (Å²) in [6.45, 7) is -0.587. The lowest BCUT2D eigenvalue weighted by atomic mass is 9.99. The van der Waals surface area contributed by atoms with Gasteiger partial charge in [0.15, 0.2) is 11.5 Å². The maximum absolute atomic E-state index is 12.9. The number of phenols is 4. The molecular formula is C39H32O14. The zero-order valence-electron chi connectivity index (χ0n) is 27.5. The second-order valence-electron chi connectivity index (χ2n) is 11.9. The first-order chi connectivity index (χ1) is 25.4. The number of fused-ring (bicyclic) bond motifs is 1. The van der Waals surface area contributed by atoms with Crippen molar-refractivity contribution in [3.05, 3.63) is 124 Å². The largest absolute Gasteiger partial charge is 0.508 e. The number of ether oxygens (including phenoxy) is 4. The molecule has 0 radical (unpaired) electrons. The maximum atomic E-state index is 12.9. The van der Waals surface area contributed by atoms with Gasteiger partial charge >= 0.3 is 11.9 Å². The number of benzene rings is 4. The van der Waals surface area contributed by atoms with Gasteiger partial charge in [-0.3, -0.25) is 4.79 Å². The summed E-state index contributed by atoms with van der Waals surface area (Å²) >= 11 is 0. The Morgan fingerprint density at radius 1 is 0.717 bits per heavy atom. The lowest BCUT2D eigenvalue weighted by molar-refractivity contribution is -0.281. The molecule has 6 rings (SSSR count). The molecule has 5 aromatic rings. The molecule has 0 bridgehead atoms. The molecule has 14 nitrogen and oxygen atoms in total. The van der Waals surface area contributed by atoms with E-state index in [4.69, 9.17) is 23.4 Å². The highest BCUT2D eigenvalue weighted by Crippen LogP contribution is 2.34. The highest BCUT2D eigenvalue weighted by Gasteiger charge is 2.48. The Balaban J connectivity index is 1.23. The number of esters is 2. The number of carbonyl (C=O) groups is 2. The number of rotatable bonds is 10. The first-order valence-corrected chi connectivity index (χ1v) is 16.0. The topological polar surface area (TPSA) is 223 Å². The van der Waals surface area contributed by atoms with Gasteiger partial charge in [-0.25, -0.2) is 9.59 Å². The zero-order chi connectivity index (χ0) is 37.6. The molecule has 5 atom stereocenters. The average molecular weight is 725 g/mol. The molecular weight excluding hydrogens is 692 g/mol. The molecule has 0 unspecified atom stereocenters. The van der Waals surface area contributed by atoms with Crippen LogP contribution in [0.15, 0.2) is 112 Å². The predicted molar refractivity (Wildman–Crippen MR) is 188 cm³/mol. The van der Waals surface area contributed by atoms with Gasteiger partial charge in [-0.05, 0) is 71.8 Å². The summed E-state index contributed by atoms with van der Waals surface area (Å²) < 4.78 is 28.3. The Labute approximate surface area is 300 Å². The molecule has 272 valence electrons. The van der Waals surface area contributed by atoms with E-state index in [1.54, 1.807) is 24.3 Å². The van der Waals surface area contributed by atoms with Gasteiger partial charge in [0.1, 0.15) is 70.4 Å². The molecule has 1 saturated heterocycles. The van der Waals surface area contributed by atoms with E-state index in [9.17, 15) is 45.0 Å². The fraction of sp³-hybridized carbons (Fsp3) is 0.154. The second kappa shape index (κ2) is 15.7. The van der Waals surface area contributed by atoms with Gasteiger partial charge in [0, 0.05) is 35.9 Å². The normalized spacial score (nSPS) is 20.1. The van der Waals surface area contributed by atoms with Gasteiger partial charge in [-0.2, -0.15) is 0 Å². The molecule has 0 spiro atoms. The van der Waals surface area contributed by atoms with Gasteiger partial charge < -0.3 is 54.0 Å². The SMILES string of the molecule is O=C(/C=C\c1ccc(O)cc1)OC[C@H]1O[C@@H](Oc2cc(O)c3c(=O)cc(-c4ccc(O)cc4)oc3c2)[C@H](O)[C@@H](O)[C@@H]1OC(=O)/C=C/c1ccc(O)cc1. The van der Waals surface area contributed by atoms with Gasteiger partial charge in [-0.1, -0.05) is 24.3 Å². The lowest BCUT2D eigenvalue weighted by Gasteiger charge is -2.41. The van der Waals surface area contributed by atoms with Gasteiger partial charge in [-0.15, -0.1) is 0 Å². The van der Waals surface area contributed by atoms with Crippen LogP contribution in [0, 0.1) is 0 Å². The molecule has 14 heteroatoms. The molecule has 6 N–H and O–H groups in total. The summed E-state index contributed by atoms with van der Waals surface area (Å²) in [5.74, 6) is -2.28. The quantitative estimate of drug-likeness (QED) is 0.0886. The van der Waals surface area contributed by atoms with Gasteiger partial charge in [0.05, 0.1) is 0 Å². The Morgan fingerprint density at radius 2 is 1.28 bits per heavy atom. The minimum absolute atomic E-state index is 0.000360. The van der Waals surface area contributed by atoms with Crippen molar-refractivity contribution in [3.8, 4) is 40.1 Å². The van der Waals surface area contributed by atoms with Crippen LogP contribution in [-0.4, -0.2) is 79.9 Å². The Hall–Kier alpha value is -6.61. The standard InChI is InChI=1S/C39H32O14/c40-24-9-1-21(2-10-24)5-15-33(45)49-20-32-38(53-34(46)16-6-22-3-11-25(41)12-4-22)36(47)37(48)39(52-32)50-27-17-28(43)35-29(44)19-30(51-31(35)18-27)23-7-13-26(42)14-8-23/h1-19,32,36-43,47-48H,20H2/b15-5-,16-6+/t32-,36-,37-,38-,39-/m1/s1. The number of aliphatic hydroxyl groups is 2. The molecule has 1 aromatic heterocycles. The van der Waals surface area contributed by atoms with Crippen molar-refractivity contribution in [2.75, 3.05) is 6.61 Å². The maximum Gasteiger partial charge on any atom is 0.331 e. The van der Waals surface area contributed by atoms with Crippen molar-refractivity contribution in [2.24, 2.45) is 0 Å². The molecule has 0 amide bonds. The molecule has 53 heavy (non-hydrogen) atoms. The number of phenolic OH excluding ortho intramolecular Hbond substituents is 4. The fourth-order valence-corrected chi connectivity index (χ4v) is 5.38. The van der Waals surface area contributed by atoms with Crippen molar-refractivity contribution < 1.29 is 63.6 Å². The third-order valence-corrected chi connectivity index (χ3v) is 8.08. The Bertz CT molecular complexity index is 2210. The summed E-state index contributed by atoms with van der Waals surface area (Å²) in [5.41, 5.74) is 0.908. The van der Waals surface area contributed by atoms with Gasteiger partial charge in [0.2, 0.25) is 6.29 Å². The van der Waals surface area contributed by atoms with E-state index >= 15 is 0 Å². The van der Waals surface area contributed by atoms with E-state index in [1.165, 1.54) is 72.8 Å². The van der Waals surface area contributed by atoms with Crippen LogP contribution in [0.1, 0.15) is 11.1 Å². The first kappa shape index (κ1) is 36.2. The van der Waals surface area contributed by atoms with Crippen molar-refractivity contribution in [1.29, 1.82) is 0 Å². The van der Waals surface area contributed by atoms with E-state index in [0.29, 0.717) is 16.7 Å². The van der Waals surface area contributed by atoms with Crippen LogP contribution in [0.5, 0.6) is 28.7 Å². The van der Waals surface area contributed by atoms with Crippen molar-refractivity contribution >= 4 is 35.1 Å². The van der Waals surface area contributed by atoms with Crippen LogP contribution in [-0.2, 0) is 23.8 Å². The number of aromatic hydroxyl groups is 4. The minimum Gasteiger partial charge on any atom is -0.508 e. The monoisotopic (exact) mass is 724 g/mol. The molecule has 4 aromatic carbocycles. The highest BCUT2D eigenvalue weighted by molar-refractivity contribution is 5.88. The third-order valence-electron chi connectivity index (χ3n) is 8.08. The van der Waals surface area contributed by atoms with Crippen LogP contribution in [0.4, 0.5) is 0 Å². The highest BCUT2D eigenvalue weighted by atomic mass is 16.7. The summed E-state index contributed by atoms with van der Waals surface area (Å²) in [6.07, 6.45) is -3.39.